The number of hydrogen-bond donors (Lipinski definition) is 0. The molecule has 0 aliphatic carbocycles. The Morgan fingerprint density at radius 2 is 1.96 bits per heavy atom. The van der Waals surface area contributed by atoms with Gasteiger partial charge in [-0.25, -0.2) is 14.7 Å². The van der Waals surface area contributed by atoms with Gasteiger partial charge in [-0.05, 0) is 37.5 Å². The van der Waals surface area contributed by atoms with Gasteiger partial charge in [-0.3, -0.25) is 0 Å². The molecule has 2 atom stereocenters. The van der Waals surface area contributed by atoms with Crippen LogP contribution in [0.2, 0.25) is 15.2 Å². The van der Waals surface area contributed by atoms with Crippen LogP contribution in [0.1, 0.15) is 42.4 Å². The van der Waals surface area contributed by atoms with Crippen molar-refractivity contribution >= 4 is 46.3 Å². The molecule has 2 aliphatic rings. The van der Waals surface area contributed by atoms with Gasteiger partial charge >= 0.3 is 0 Å². The fraction of sp³-hybridized carbons (Fsp3) is 0.316. The standard InChI is InChI=1S/C19H16Cl3N5/c1-10-16(19-25-18(22)14-3-2-8-26(14)19)17(27-15(24-10)6-7-23-27)11-4-5-12(20)13(21)9-11/h4-7,9,16-17H,2-3,8H2,1H3. The Labute approximate surface area is 171 Å². The van der Waals surface area contributed by atoms with Gasteiger partial charge in [0.05, 0.1) is 33.9 Å². The first-order chi connectivity index (χ1) is 13.0. The number of imidazole rings is 1. The third-order valence-electron chi connectivity index (χ3n) is 5.38. The molecule has 0 fully saturated rings. The zero-order chi connectivity index (χ0) is 18.7. The third-order valence-corrected chi connectivity index (χ3v) is 6.42. The van der Waals surface area contributed by atoms with Gasteiger partial charge in [-0.1, -0.05) is 40.9 Å². The Morgan fingerprint density at radius 1 is 1.11 bits per heavy atom. The lowest BCUT2D eigenvalue weighted by Gasteiger charge is -2.32. The molecule has 3 aromatic rings. The molecular formula is C19H16Cl3N5. The second-order valence-corrected chi connectivity index (χ2v) is 8.12. The molecule has 27 heavy (non-hydrogen) atoms. The molecule has 138 valence electrons. The lowest BCUT2D eigenvalue weighted by atomic mass is 9.87. The largest absolute Gasteiger partial charge is 0.330 e. The second-order valence-electron chi connectivity index (χ2n) is 6.95. The molecule has 0 amide bonds. The third kappa shape index (κ3) is 2.64. The summed E-state index contributed by atoms with van der Waals surface area (Å²) in [7, 11) is 0. The molecule has 2 aliphatic heterocycles. The van der Waals surface area contributed by atoms with Gasteiger partial charge in [0.2, 0.25) is 0 Å². The minimum Gasteiger partial charge on any atom is -0.330 e. The summed E-state index contributed by atoms with van der Waals surface area (Å²) in [6.07, 6.45) is 3.80. The van der Waals surface area contributed by atoms with E-state index < -0.39 is 0 Å². The van der Waals surface area contributed by atoms with Gasteiger partial charge in [-0.2, -0.15) is 5.10 Å². The van der Waals surface area contributed by atoms with Gasteiger partial charge in [-0.15, -0.1) is 0 Å². The fourth-order valence-electron chi connectivity index (χ4n) is 4.19. The van der Waals surface area contributed by atoms with Crippen molar-refractivity contribution in [1.29, 1.82) is 0 Å². The molecule has 2 unspecified atom stereocenters. The molecule has 0 saturated carbocycles. The van der Waals surface area contributed by atoms with Crippen LogP contribution in [0.25, 0.3) is 0 Å². The quantitative estimate of drug-likeness (QED) is 0.552. The predicted molar refractivity (Wildman–Crippen MR) is 108 cm³/mol. The van der Waals surface area contributed by atoms with Crippen LogP contribution in [0.15, 0.2) is 35.5 Å². The van der Waals surface area contributed by atoms with Crippen LogP contribution in [0.4, 0.5) is 5.82 Å². The monoisotopic (exact) mass is 419 g/mol. The number of aromatic nitrogens is 4. The van der Waals surface area contributed by atoms with E-state index in [0.717, 1.165) is 48.0 Å². The van der Waals surface area contributed by atoms with E-state index in [0.29, 0.717) is 15.2 Å². The minimum absolute atomic E-state index is 0.0843. The number of rotatable bonds is 2. The van der Waals surface area contributed by atoms with Gasteiger partial charge < -0.3 is 4.57 Å². The average Bonchev–Trinajstić information content (AvgIpc) is 3.35. The highest BCUT2D eigenvalue weighted by atomic mass is 35.5. The lowest BCUT2D eigenvalue weighted by molar-refractivity contribution is 0.464. The van der Waals surface area contributed by atoms with E-state index in [9.17, 15) is 0 Å². The maximum atomic E-state index is 6.44. The minimum atomic E-state index is -0.120. The van der Waals surface area contributed by atoms with Crippen molar-refractivity contribution < 1.29 is 0 Å². The highest BCUT2D eigenvalue weighted by Crippen LogP contribution is 2.44. The molecule has 0 N–H and O–H groups in total. The van der Waals surface area contributed by atoms with E-state index >= 15 is 0 Å². The SMILES string of the molecule is CC1=Nc2ccnn2C(c2ccc(Cl)c(Cl)c2)C1c1nc(Cl)c2n1CCC2. The Balaban J connectivity index is 1.73. The number of hydrogen-bond acceptors (Lipinski definition) is 3. The van der Waals surface area contributed by atoms with E-state index in [1.165, 1.54) is 0 Å². The van der Waals surface area contributed by atoms with Gasteiger partial charge in [0.25, 0.3) is 0 Å². The maximum absolute atomic E-state index is 6.44. The normalized spacial score (nSPS) is 21.1. The molecule has 0 spiro atoms. The molecule has 4 heterocycles. The van der Waals surface area contributed by atoms with Crippen molar-refractivity contribution in [3.05, 3.63) is 62.7 Å². The van der Waals surface area contributed by atoms with Crippen LogP contribution in [0.5, 0.6) is 0 Å². The average molecular weight is 421 g/mol. The first kappa shape index (κ1) is 17.3. The Morgan fingerprint density at radius 3 is 2.78 bits per heavy atom. The molecule has 2 aromatic heterocycles. The molecule has 8 heteroatoms. The van der Waals surface area contributed by atoms with Crippen LogP contribution in [-0.4, -0.2) is 25.0 Å². The first-order valence-corrected chi connectivity index (χ1v) is 9.96. The van der Waals surface area contributed by atoms with Crippen LogP contribution >= 0.6 is 34.8 Å². The van der Waals surface area contributed by atoms with E-state index in [1.54, 1.807) is 6.20 Å². The topological polar surface area (TPSA) is 48.0 Å². The summed E-state index contributed by atoms with van der Waals surface area (Å²) in [4.78, 5) is 9.50. The molecule has 0 saturated heterocycles. The van der Waals surface area contributed by atoms with Crippen molar-refractivity contribution in [2.24, 2.45) is 4.99 Å². The van der Waals surface area contributed by atoms with Crippen molar-refractivity contribution in [1.82, 2.24) is 19.3 Å². The Bertz CT molecular complexity index is 1080. The number of fused-ring (bicyclic) bond motifs is 2. The van der Waals surface area contributed by atoms with Gasteiger partial charge in [0, 0.05) is 18.3 Å². The zero-order valence-electron chi connectivity index (χ0n) is 14.5. The zero-order valence-corrected chi connectivity index (χ0v) is 16.8. The Kier molecular flexibility index (Phi) is 4.08. The highest BCUT2D eigenvalue weighted by molar-refractivity contribution is 6.42. The van der Waals surface area contributed by atoms with E-state index in [-0.39, 0.29) is 12.0 Å². The van der Waals surface area contributed by atoms with E-state index in [4.69, 9.17) is 44.8 Å². The summed E-state index contributed by atoms with van der Waals surface area (Å²) in [6.45, 7) is 2.96. The summed E-state index contributed by atoms with van der Waals surface area (Å²) in [6, 6.07) is 7.51. The number of halogens is 3. The number of nitrogens with zero attached hydrogens (tertiary/aromatic N) is 5. The van der Waals surface area contributed by atoms with E-state index in [2.05, 4.69) is 9.67 Å². The van der Waals surface area contributed by atoms with E-state index in [1.807, 2.05) is 35.9 Å². The summed E-state index contributed by atoms with van der Waals surface area (Å²) >= 11 is 18.9. The van der Waals surface area contributed by atoms with Crippen molar-refractivity contribution in [3.8, 4) is 0 Å². The van der Waals surface area contributed by atoms with Gasteiger partial charge in [0.1, 0.15) is 5.82 Å². The summed E-state index contributed by atoms with van der Waals surface area (Å²) < 4.78 is 4.17. The smallest absolute Gasteiger partial charge is 0.150 e. The fourth-order valence-corrected chi connectivity index (χ4v) is 4.78. The molecule has 5 rings (SSSR count). The Hall–Kier alpha value is -1.82. The molecule has 1 aromatic carbocycles. The molecule has 0 radical (unpaired) electrons. The van der Waals surface area contributed by atoms with Crippen LogP contribution in [0.3, 0.4) is 0 Å². The summed E-state index contributed by atoms with van der Waals surface area (Å²) in [5, 5.41) is 6.19. The van der Waals surface area contributed by atoms with Crippen LogP contribution in [-0.2, 0) is 13.0 Å². The summed E-state index contributed by atoms with van der Waals surface area (Å²) in [5.41, 5.74) is 3.11. The van der Waals surface area contributed by atoms with Crippen LogP contribution < -0.4 is 0 Å². The van der Waals surface area contributed by atoms with Crippen molar-refractivity contribution in [2.45, 2.75) is 38.3 Å². The summed E-state index contributed by atoms with van der Waals surface area (Å²) in [5.74, 6) is 1.67. The number of benzene rings is 1. The first-order valence-electron chi connectivity index (χ1n) is 8.83. The van der Waals surface area contributed by atoms with Crippen molar-refractivity contribution in [2.75, 3.05) is 0 Å². The molecular weight excluding hydrogens is 405 g/mol. The lowest BCUT2D eigenvalue weighted by Crippen LogP contribution is -2.30. The highest BCUT2D eigenvalue weighted by Gasteiger charge is 2.39. The molecule has 0 bridgehead atoms. The molecule has 5 nitrogen and oxygen atoms in total. The van der Waals surface area contributed by atoms with Gasteiger partial charge in [0.15, 0.2) is 11.0 Å². The second kappa shape index (κ2) is 6.36. The van der Waals surface area contributed by atoms with Crippen molar-refractivity contribution in [3.63, 3.8) is 0 Å². The van der Waals surface area contributed by atoms with Crippen LogP contribution in [0, 0.1) is 0 Å². The maximum Gasteiger partial charge on any atom is 0.150 e. The number of aliphatic imine (C=N–C) groups is 1. The predicted octanol–water partition coefficient (Wildman–Crippen LogP) is 5.47.